The maximum atomic E-state index is 11.9. The third-order valence-electron chi connectivity index (χ3n) is 3.40. The van der Waals surface area contributed by atoms with E-state index >= 15 is 0 Å². The van der Waals surface area contributed by atoms with Gasteiger partial charge < -0.3 is 9.73 Å². The largest absolute Gasteiger partial charge is 0.441 e. The van der Waals surface area contributed by atoms with Crippen molar-refractivity contribution < 1.29 is 9.21 Å². The summed E-state index contributed by atoms with van der Waals surface area (Å²) in [6.07, 6.45) is 0.757. The number of aromatic nitrogens is 1. The van der Waals surface area contributed by atoms with Gasteiger partial charge in [-0.2, -0.15) is 0 Å². The van der Waals surface area contributed by atoms with Gasteiger partial charge in [-0.3, -0.25) is 4.79 Å². The van der Waals surface area contributed by atoms with Gasteiger partial charge in [-0.1, -0.05) is 41.4 Å². The van der Waals surface area contributed by atoms with E-state index in [4.69, 9.17) is 27.6 Å². The summed E-state index contributed by atoms with van der Waals surface area (Å²) < 4.78 is 5.59. The van der Waals surface area contributed by atoms with E-state index < -0.39 is 0 Å². The Kier molecular flexibility index (Phi) is 4.84. The molecule has 6 heteroatoms. The molecule has 0 unspecified atom stereocenters. The summed E-state index contributed by atoms with van der Waals surface area (Å²) in [6, 6.07) is 12.7. The van der Waals surface area contributed by atoms with Crippen LogP contribution in [-0.2, 0) is 17.8 Å². The molecule has 3 aromatic rings. The molecule has 118 valence electrons. The quantitative estimate of drug-likeness (QED) is 0.744. The van der Waals surface area contributed by atoms with Crippen LogP contribution in [0.25, 0.3) is 11.1 Å². The van der Waals surface area contributed by atoms with Gasteiger partial charge in [0.05, 0.1) is 0 Å². The average molecular weight is 349 g/mol. The molecule has 0 aliphatic rings. The van der Waals surface area contributed by atoms with Crippen molar-refractivity contribution in [3.8, 4) is 0 Å². The second-order valence-corrected chi connectivity index (χ2v) is 5.93. The minimum Gasteiger partial charge on any atom is -0.441 e. The number of oxazole rings is 1. The van der Waals surface area contributed by atoms with Gasteiger partial charge in [0.2, 0.25) is 5.91 Å². The highest BCUT2D eigenvalue weighted by Gasteiger charge is 2.09. The molecule has 1 amide bonds. The van der Waals surface area contributed by atoms with Crippen LogP contribution in [0.5, 0.6) is 0 Å². The Morgan fingerprint density at radius 3 is 2.78 bits per heavy atom. The van der Waals surface area contributed by atoms with E-state index in [0.717, 1.165) is 16.7 Å². The van der Waals surface area contributed by atoms with E-state index in [1.54, 1.807) is 18.2 Å². The van der Waals surface area contributed by atoms with Crippen molar-refractivity contribution in [3.05, 3.63) is 64.0 Å². The molecule has 0 radical (unpaired) electrons. The van der Waals surface area contributed by atoms with Crippen molar-refractivity contribution in [2.75, 3.05) is 0 Å². The molecule has 1 N–H and O–H groups in total. The lowest BCUT2D eigenvalue weighted by atomic mass is 10.2. The number of para-hydroxylation sites is 2. The molecule has 1 heterocycles. The molecule has 0 saturated carbocycles. The predicted molar refractivity (Wildman–Crippen MR) is 90.6 cm³/mol. The Morgan fingerprint density at radius 2 is 2.00 bits per heavy atom. The van der Waals surface area contributed by atoms with Crippen LogP contribution in [0.1, 0.15) is 17.9 Å². The summed E-state index contributed by atoms with van der Waals surface area (Å²) in [5.41, 5.74) is 2.36. The monoisotopic (exact) mass is 348 g/mol. The Morgan fingerprint density at radius 1 is 1.17 bits per heavy atom. The van der Waals surface area contributed by atoms with E-state index in [1.165, 1.54) is 0 Å². The minimum absolute atomic E-state index is 0.0849. The number of hydrogen-bond donors (Lipinski definition) is 1. The highest BCUT2D eigenvalue weighted by molar-refractivity contribution is 6.35. The van der Waals surface area contributed by atoms with E-state index in [1.807, 2.05) is 24.3 Å². The van der Waals surface area contributed by atoms with Crippen molar-refractivity contribution >= 4 is 40.2 Å². The summed E-state index contributed by atoms with van der Waals surface area (Å²) >= 11 is 11.9. The molecule has 2 aromatic carbocycles. The zero-order valence-corrected chi connectivity index (χ0v) is 13.7. The van der Waals surface area contributed by atoms with Crippen LogP contribution in [0.2, 0.25) is 10.0 Å². The van der Waals surface area contributed by atoms with E-state index in [0.29, 0.717) is 35.3 Å². The van der Waals surface area contributed by atoms with Crippen molar-refractivity contribution in [3.63, 3.8) is 0 Å². The second kappa shape index (κ2) is 7.02. The summed E-state index contributed by atoms with van der Waals surface area (Å²) in [7, 11) is 0. The van der Waals surface area contributed by atoms with Crippen LogP contribution in [0.15, 0.2) is 46.9 Å². The third kappa shape index (κ3) is 4.03. The number of fused-ring (bicyclic) bond motifs is 1. The van der Waals surface area contributed by atoms with E-state index in [-0.39, 0.29) is 5.91 Å². The SMILES string of the molecule is O=C(CCc1nc2ccccc2o1)NCc1ccc(Cl)cc1Cl. The summed E-state index contributed by atoms with van der Waals surface area (Å²) in [5.74, 6) is 0.476. The second-order valence-electron chi connectivity index (χ2n) is 5.09. The molecule has 4 nitrogen and oxygen atoms in total. The maximum absolute atomic E-state index is 11.9. The zero-order valence-electron chi connectivity index (χ0n) is 12.2. The van der Waals surface area contributed by atoms with Crippen molar-refractivity contribution in [1.82, 2.24) is 10.3 Å². The first kappa shape index (κ1) is 15.8. The third-order valence-corrected chi connectivity index (χ3v) is 3.98. The van der Waals surface area contributed by atoms with Crippen LogP contribution in [-0.4, -0.2) is 10.9 Å². The van der Waals surface area contributed by atoms with Crippen molar-refractivity contribution in [1.29, 1.82) is 0 Å². The lowest BCUT2D eigenvalue weighted by Crippen LogP contribution is -2.23. The Bertz CT molecular complexity index is 812. The van der Waals surface area contributed by atoms with Gasteiger partial charge in [0.25, 0.3) is 0 Å². The summed E-state index contributed by atoms with van der Waals surface area (Å²) in [4.78, 5) is 16.3. The smallest absolute Gasteiger partial charge is 0.220 e. The number of benzene rings is 2. The number of nitrogens with zero attached hydrogens (tertiary/aromatic N) is 1. The molecule has 0 bridgehead atoms. The van der Waals surface area contributed by atoms with Crippen molar-refractivity contribution in [2.45, 2.75) is 19.4 Å². The van der Waals surface area contributed by atoms with Crippen LogP contribution < -0.4 is 5.32 Å². The molecule has 0 aliphatic heterocycles. The van der Waals surface area contributed by atoms with Gasteiger partial charge in [0, 0.05) is 29.4 Å². The molecule has 0 atom stereocenters. The van der Waals surface area contributed by atoms with Gasteiger partial charge in [0.1, 0.15) is 5.52 Å². The minimum atomic E-state index is -0.0849. The van der Waals surface area contributed by atoms with Gasteiger partial charge >= 0.3 is 0 Å². The molecule has 0 fully saturated rings. The molecule has 3 rings (SSSR count). The normalized spacial score (nSPS) is 10.9. The molecule has 1 aromatic heterocycles. The van der Waals surface area contributed by atoms with Crippen molar-refractivity contribution in [2.24, 2.45) is 0 Å². The fourth-order valence-electron chi connectivity index (χ4n) is 2.19. The number of carbonyl (C=O) groups excluding carboxylic acids is 1. The summed E-state index contributed by atoms with van der Waals surface area (Å²) in [6.45, 7) is 0.363. The Labute approximate surface area is 143 Å². The first-order valence-corrected chi connectivity index (χ1v) is 7.92. The molecule has 0 spiro atoms. The predicted octanol–water partition coefficient (Wildman–Crippen LogP) is 4.38. The van der Waals surface area contributed by atoms with Gasteiger partial charge in [-0.15, -0.1) is 0 Å². The summed E-state index contributed by atoms with van der Waals surface area (Å²) in [5, 5.41) is 3.94. The lowest BCUT2D eigenvalue weighted by Gasteiger charge is -2.06. The topological polar surface area (TPSA) is 55.1 Å². The number of nitrogens with one attached hydrogen (secondary N) is 1. The lowest BCUT2D eigenvalue weighted by molar-refractivity contribution is -0.121. The highest BCUT2D eigenvalue weighted by Crippen LogP contribution is 2.21. The molecule has 23 heavy (non-hydrogen) atoms. The number of rotatable bonds is 5. The van der Waals surface area contributed by atoms with Gasteiger partial charge in [0.15, 0.2) is 11.5 Å². The number of carbonyl (C=O) groups is 1. The Balaban J connectivity index is 1.53. The van der Waals surface area contributed by atoms with Gasteiger partial charge in [-0.05, 0) is 29.8 Å². The fraction of sp³-hybridized carbons (Fsp3) is 0.176. The van der Waals surface area contributed by atoms with E-state index in [9.17, 15) is 4.79 Å². The molecule has 0 aliphatic carbocycles. The maximum Gasteiger partial charge on any atom is 0.220 e. The van der Waals surface area contributed by atoms with Crippen LogP contribution in [0.4, 0.5) is 0 Å². The van der Waals surface area contributed by atoms with Gasteiger partial charge in [-0.25, -0.2) is 4.98 Å². The number of amides is 1. The highest BCUT2D eigenvalue weighted by atomic mass is 35.5. The van der Waals surface area contributed by atoms with Crippen LogP contribution >= 0.6 is 23.2 Å². The first-order chi connectivity index (χ1) is 11.1. The molecular weight excluding hydrogens is 335 g/mol. The number of aryl methyl sites for hydroxylation is 1. The van der Waals surface area contributed by atoms with E-state index in [2.05, 4.69) is 10.3 Å². The molecule has 0 saturated heterocycles. The average Bonchev–Trinajstić information content (AvgIpc) is 2.95. The molecular formula is C17H14Cl2N2O2. The fourth-order valence-corrected chi connectivity index (χ4v) is 2.67. The standard InChI is InChI=1S/C17H14Cl2N2O2/c18-12-6-5-11(13(19)9-12)10-20-16(22)7-8-17-21-14-3-1-2-4-15(14)23-17/h1-6,9H,7-8,10H2,(H,20,22). The Hall–Kier alpha value is -2.04. The van der Waals surface area contributed by atoms with Crippen LogP contribution in [0.3, 0.4) is 0 Å². The first-order valence-electron chi connectivity index (χ1n) is 7.17. The number of halogens is 2. The van der Waals surface area contributed by atoms with Crippen LogP contribution in [0, 0.1) is 0 Å². The number of hydrogen-bond acceptors (Lipinski definition) is 3. The zero-order chi connectivity index (χ0) is 16.2.